The molecule has 1 unspecified atom stereocenters. The average molecular weight is 1640 g/mol. The smallest absolute Gasteiger partial charge is 0.291 e. The highest BCUT2D eigenvalue weighted by molar-refractivity contribution is 6.19. The Morgan fingerprint density at radius 1 is 0.454 bits per heavy atom. The minimum Gasteiger partial charge on any atom is -0.507 e. The Balaban J connectivity index is 0.497. The van der Waals surface area contributed by atoms with Crippen LogP contribution in [0.15, 0.2) is 141 Å². The van der Waals surface area contributed by atoms with Crippen molar-refractivity contribution in [2.45, 2.75) is 77.0 Å². The number of aromatic nitrogens is 11. The van der Waals surface area contributed by atoms with Gasteiger partial charge in [-0.15, -0.1) is 11.6 Å². The van der Waals surface area contributed by atoms with Gasteiger partial charge in [-0.25, -0.2) is 9.97 Å². The van der Waals surface area contributed by atoms with E-state index in [4.69, 9.17) is 11.6 Å². The summed E-state index contributed by atoms with van der Waals surface area (Å²) in [5, 5.41) is 32.0. The number of nitrogens with one attached hydrogen (secondary N) is 8. The highest BCUT2D eigenvalue weighted by Gasteiger charge is 2.36. The Morgan fingerprint density at radius 2 is 0.941 bits per heavy atom. The van der Waals surface area contributed by atoms with Crippen LogP contribution in [0.3, 0.4) is 0 Å². The molecule has 0 bridgehead atoms. The standard InChI is InChI=1S/C85H88ClN19O14/c1-47(106)89-54-33-69(102(7)42-54)82(116)96-75-46-104(9)79(95-75)84(118)91-56-35-68(101(6)44-56)81(115)88-23-21-76(113)93-74-45-103(8)78(94-74)83(117)90-55-34-67(100(5)43-55)80(114)87-22-13-15-58(108)25-50-28-65(99(4)39-50)73(112)31-51-29-63(97(2)40-51)70(109)18-12-14-57(107)24-49-27-64(98(3)38-49)72(111)30-48-19-20-52-32-62(92-61(52)26-48)85(119)105-41-53(37-86)77-60-17-11-10-16-59(60)71(110)36-66(77)105/h10-11,16-17,19-20,26-29,32-36,38-40,42-46,53,92,110H,12-15,18,21-25,30-31,37,41H2,1-9H3,(H,87,114)(H,88,115)(H,89,106)(H,90,117)(H,91,118)(H,93,113)(H,96,116). The molecular formula is C85H88ClN19O14. The van der Waals surface area contributed by atoms with E-state index in [1.54, 1.807) is 130 Å². The van der Waals surface area contributed by atoms with Crippen molar-refractivity contribution < 1.29 is 67.4 Å². The number of alkyl halides is 1. The number of hydrogen-bond donors (Lipinski definition) is 9. The molecule has 1 aliphatic rings. The number of aromatic amines is 1. The number of hydrogen-bond acceptors (Lipinski definition) is 16. The quantitative estimate of drug-likeness (QED) is 0.0103. The number of carbonyl (C=O) groups excluding carboxylic acids is 13. The number of H-pyrrole nitrogens is 1. The SMILES string of the molecule is CC(=O)Nc1cc(C(=O)Nc2cn(C)c(C(=O)Nc3cc(C(=O)NCCC(=O)Nc4cn(C)c(C(=O)Nc5cc(C(=O)NCCCC(=O)Cc6cc(C(=O)Cc7cc(C(=O)CCCC(=O)Cc8cc(C(=O)Cc9ccc%10cc(C(=O)N%11CC(CCl)c%12c%11cc(O)c%11ccccc%12%11)[nH]c%10c9)n(C)c8)n(C)c7)n(C)c6)n(C)c5)n4)n(C)c3)n2)n(C)c1. The van der Waals surface area contributed by atoms with Crippen LogP contribution in [-0.2, 0) is 101 Å². The van der Waals surface area contributed by atoms with Crippen molar-refractivity contribution >= 4 is 144 Å². The Bertz CT molecular complexity index is 6120. The number of aryl methyl sites for hydroxylation is 8. The number of anilines is 6. The lowest BCUT2D eigenvalue weighted by atomic mass is 9.95. The lowest BCUT2D eigenvalue weighted by Gasteiger charge is -2.17. The van der Waals surface area contributed by atoms with E-state index in [-0.39, 0.29) is 169 Å². The van der Waals surface area contributed by atoms with Gasteiger partial charge in [0.1, 0.15) is 40.1 Å². The highest BCUT2D eigenvalue weighted by atomic mass is 35.5. The van der Waals surface area contributed by atoms with Gasteiger partial charge in [-0.3, -0.25) is 62.3 Å². The number of carbonyl (C=O) groups is 13. The van der Waals surface area contributed by atoms with Crippen LogP contribution in [0.25, 0.3) is 21.7 Å². The largest absolute Gasteiger partial charge is 0.507 e. The van der Waals surface area contributed by atoms with E-state index in [9.17, 15) is 67.4 Å². The van der Waals surface area contributed by atoms with Crippen molar-refractivity contribution in [1.82, 2.24) is 62.1 Å². The molecule has 9 aromatic heterocycles. The minimum atomic E-state index is -0.643. The summed E-state index contributed by atoms with van der Waals surface area (Å²) in [4.78, 5) is 186. The average Bonchev–Trinajstić information content (AvgIpc) is 1.60. The predicted molar refractivity (Wildman–Crippen MR) is 445 cm³/mol. The van der Waals surface area contributed by atoms with Gasteiger partial charge < -0.3 is 88.7 Å². The molecular weight excluding hydrogens is 1550 g/mol. The van der Waals surface area contributed by atoms with Crippen LogP contribution in [0.2, 0.25) is 0 Å². The first-order valence-electron chi connectivity index (χ1n) is 38.3. The van der Waals surface area contributed by atoms with Crippen LogP contribution in [0, 0.1) is 0 Å². The maximum Gasteiger partial charge on any atom is 0.291 e. The first-order valence-corrected chi connectivity index (χ1v) is 38.8. The second-order valence-electron chi connectivity index (χ2n) is 29.9. The molecule has 34 heteroatoms. The Hall–Kier alpha value is -14.2. The third-order valence-electron chi connectivity index (χ3n) is 20.7. The Kier molecular flexibility index (Phi) is 24.4. The first kappa shape index (κ1) is 82.7. The molecule has 0 spiro atoms. The number of ketones is 5. The summed E-state index contributed by atoms with van der Waals surface area (Å²) in [5.41, 5.74) is 8.01. The zero-order chi connectivity index (χ0) is 84.9. The third-order valence-corrected chi connectivity index (χ3v) is 21.1. The van der Waals surface area contributed by atoms with E-state index < -0.39 is 35.4 Å². The second-order valence-corrected chi connectivity index (χ2v) is 30.2. The summed E-state index contributed by atoms with van der Waals surface area (Å²) in [6, 6.07) is 25.9. The molecule has 119 heavy (non-hydrogen) atoms. The zero-order valence-corrected chi connectivity index (χ0v) is 67.6. The number of halogens is 1. The molecule has 0 radical (unpaired) electrons. The molecule has 0 saturated heterocycles. The lowest BCUT2D eigenvalue weighted by Crippen LogP contribution is -2.30. The number of phenolic OH excluding ortho intramolecular Hbond substituents is 1. The van der Waals surface area contributed by atoms with E-state index in [1.165, 1.54) is 72.7 Å². The van der Waals surface area contributed by atoms with E-state index in [0.717, 1.165) is 21.9 Å². The molecule has 8 amide bonds. The minimum absolute atomic E-state index is 0.00923. The van der Waals surface area contributed by atoms with Gasteiger partial charge in [-0.05, 0) is 94.6 Å². The summed E-state index contributed by atoms with van der Waals surface area (Å²) in [7, 11) is 13.2. The number of aromatic hydroxyl groups is 1. The number of benzene rings is 3. The molecule has 3 aromatic carbocycles. The third kappa shape index (κ3) is 18.8. The number of phenols is 1. The number of fused-ring (bicyclic) bond motifs is 4. The van der Waals surface area contributed by atoms with Crippen LogP contribution >= 0.6 is 11.6 Å². The summed E-state index contributed by atoms with van der Waals surface area (Å²) in [6.07, 6.45) is 13.7. The Labute approximate surface area is 686 Å². The van der Waals surface area contributed by atoms with Crippen molar-refractivity contribution in [1.29, 1.82) is 0 Å². The molecule has 1 atom stereocenters. The summed E-state index contributed by atoms with van der Waals surface area (Å²) in [6.45, 7) is 1.78. The summed E-state index contributed by atoms with van der Waals surface area (Å²) in [5.74, 6) is -4.36. The van der Waals surface area contributed by atoms with Gasteiger partial charge >= 0.3 is 0 Å². The summed E-state index contributed by atoms with van der Waals surface area (Å²) >= 11 is 6.44. The maximum atomic E-state index is 14.1. The normalized spacial score (nSPS) is 12.4. The number of imidazole rings is 2. The van der Waals surface area contributed by atoms with Crippen LogP contribution in [-0.4, -0.2) is 158 Å². The molecule has 10 heterocycles. The number of Topliss-reactive ketones (excluding diaryl/α,β-unsaturated/α-hetero) is 5. The van der Waals surface area contributed by atoms with Gasteiger partial charge in [0.25, 0.3) is 35.4 Å². The fraction of sp³-hybridized carbons (Fsp3) is 0.282. The number of amides is 8. The molecule has 9 N–H and O–H groups in total. The van der Waals surface area contributed by atoms with E-state index in [1.807, 2.05) is 42.5 Å². The van der Waals surface area contributed by atoms with Gasteiger partial charge in [0.2, 0.25) is 23.5 Å². The zero-order valence-electron chi connectivity index (χ0n) is 66.8. The van der Waals surface area contributed by atoms with Crippen LogP contribution < -0.4 is 42.1 Å². The van der Waals surface area contributed by atoms with Crippen LogP contribution in [0.1, 0.15) is 174 Å². The van der Waals surface area contributed by atoms with Gasteiger partial charge in [-0.1, -0.05) is 36.4 Å². The van der Waals surface area contributed by atoms with Crippen molar-refractivity contribution in [2.75, 3.05) is 57.0 Å². The van der Waals surface area contributed by atoms with E-state index >= 15 is 0 Å². The number of rotatable bonds is 34. The maximum absolute atomic E-state index is 14.1. The second kappa shape index (κ2) is 35.1. The van der Waals surface area contributed by atoms with Gasteiger partial charge in [-0.2, -0.15) is 0 Å². The highest BCUT2D eigenvalue weighted by Crippen LogP contribution is 2.46. The molecule has 33 nitrogen and oxygen atoms in total. The van der Waals surface area contributed by atoms with Crippen molar-refractivity contribution in [2.24, 2.45) is 56.4 Å². The van der Waals surface area contributed by atoms with E-state index in [2.05, 4.69) is 52.2 Å². The topological polar surface area (TPSA) is 411 Å². The lowest BCUT2D eigenvalue weighted by molar-refractivity contribution is -0.119. The molecule has 0 saturated carbocycles. The Morgan fingerprint density at radius 3 is 1.50 bits per heavy atom. The fourth-order valence-electron chi connectivity index (χ4n) is 15.0. The molecule has 13 rings (SSSR count). The van der Waals surface area contributed by atoms with Gasteiger partial charge in [0.15, 0.2) is 29.0 Å². The molecule has 12 aromatic rings. The van der Waals surface area contributed by atoms with Gasteiger partial charge in [0.05, 0.1) is 39.8 Å². The first-order chi connectivity index (χ1) is 56.8. The van der Waals surface area contributed by atoms with Crippen LogP contribution in [0.5, 0.6) is 5.75 Å². The molecule has 0 aliphatic carbocycles. The molecule has 0 fully saturated rings. The molecule has 614 valence electrons. The van der Waals surface area contributed by atoms with Crippen molar-refractivity contribution in [3.05, 3.63) is 220 Å². The fourth-order valence-corrected chi connectivity index (χ4v) is 15.3. The van der Waals surface area contributed by atoms with Gasteiger partial charge in [0, 0.05) is 218 Å². The molecule has 1 aliphatic heterocycles. The predicted octanol–water partition coefficient (Wildman–Crippen LogP) is 9.32. The van der Waals surface area contributed by atoms with E-state index in [0.29, 0.717) is 87.0 Å². The summed E-state index contributed by atoms with van der Waals surface area (Å²) < 4.78 is 12.4. The van der Waals surface area contributed by atoms with Crippen LogP contribution in [0.4, 0.5) is 34.4 Å². The number of nitrogens with zero attached hydrogens (tertiary/aromatic N) is 11. The van der Waals surface area contributed by atoms with Crippen molar-refractivity contribution in [3.63, 3.8) is 0 Å². The monoisotopic (exact) mass is 1630 g/mol. The van der Waals surface area contributed by atoms with Crippen molar-refractivity contribution in [3.8, 4) is 5.75 Å².